The number of carbonyl (C=O) groups excluding carboxylic acids is 1. The van der Waals surface area contributed by atoms with E-state index in [2.05, 4.69) is 22.0 Å². The van der Waals surface area contributed by atoms with E-state index in [4.69, 9.17) is 4.52 Å². The number of amides is 1. The highest BCUT2D eigenvalue weighted by Crippen LogP contribution is 2.28. The van der Waals surface area contributed by atoms with Crippen molar-refractivity contribution < 1.29 is 9.32 Å². The predicted molar refractivity (Wildman–Crippen MR) is 82.5 cm³/mol. The standard InChI is InChI=1S/C16H26N4O2/c1-3-19-9-5-4-6-14(19)16(21)20-10-7-13(8-11-20)15-17-12(2)18-22-15/h13-14H,3-11H2,1-2H3/t14-/m0/s1. The minimum atomic E-state index is 0.0981. The Morgan fingerprint density at radius 3 is 2.64 bits per heavy atom. The van der Waals surface area contributed by atoms with Gasteiger partial charge < -0.3 is 9.42 Å². The highest BCUT2D eigenvalue weighted by Gasteiger charge is 2.34. The average molecular weight is 306 g/mol. The first-order valence-electron chi connectivity index (χ1n) is 8.52. The largest absolute Gasteiger partial charge is 0.341 e. The lowest BCUT2D eigenvalue weighted by molar-refractivity contribution is -0.139. The molecule has 22 heavy (non-hydrogen) atoms. The number of likely N-dealkylation sites (N-methyl/N-ethyl adjacent to an activating group) is 1. The summed E-state index contributed by atoms with van der Waals surface area (Å²) >= 11 is 0. The van der Waals surface area contributed by atoms with Crippen LogP contribution in [0, 0.1) is 6.92 Å². The fourth-order valence-electron chi connectivity index (χ4n) is 3.69. The second kappa shape index (κ2) is 6.77. The van der Waals surface area contributed by atoms with Crippen molar-refractivity contribution in [3.63, 3.8) is 0 Å². The number of aromatic nitrogens is 2. The highest BCUT2D eigenvalue weighted by molar-refractivity contribution is 5.82. The van der Waals surface area contributed by atoms with Crippen LogP contribution >= 0.6 is 0 Å². The zero-order chi connectivity index (χ0) is 15.5. The summed E-state index contributed by atoms with van der Waals surface area (Å²) in [6, 6.07) is 0.0981. The second-order valence-electron chi connectivity index (χ2n) is 6.42. The quantitative estimate of drug-likeness (QED) is 0.854. The Hall–Kier alpha value is -1.43. The molecular formula is C16H26N4O2. The van der Waals surface area contributed by atoms with Gasteiger partial charge in [-0.3, -0.25) is 9.69 Å². The molecule has 6 heteroatoms. The van der Waals surface area contributed by atoms with Crippen molar-refractivity contribution in [3.05, 3.63) is 11.7 Å². The van der Waals surface area contributed by atoms with Crippen LogP contribution < -0.4 is 0 Å². The number of carbonyl (C=O) groups is 1. The van der Waals surface area contributed by atoms with E-state index in [1.165, 1.54) is 12.8 Å². The van der Waals surface area contributed by atoms with E-state index in [9.17, 15) is 4.79 Å². The van der Waals surface area contributed by atoms with Crippen molar-refractivity contribution in [2.45, 2.75) is 57.9 Å². The molecule has 0 aromatic carbocycles. The van der Waals surface area contributed by atoms with E-state index >= 15 is 0 Å². The Bertz CT molecular complexity index is 508. The Kier molecular flexibility index (Phi) is 4.76. The van der Waals surface area contributed by atoms with Gasteiger partial charge in [-0.05, 0) is 45.7 Å². The molecule has 1 aromatic heterocycles. The zero-order valence-electron chi connectivity index (χ0n) is 13.6. The molecule has 0 radical (unpaired) electrons. The third kappa shape index (κ3) is 3.16. The molecule has 2 aliphatic heterocycles. The minimum absolute atomic E-state index is 0.0981. The van der Waals surface area contributed by atoms with Gasteiger partial charge in [-0.2, -0.15) is 4.98 Å². The maximum atomic E-state index is 12.8. The number of nitrogens with zero attached hydrogens (tertiary/aromatic N) is 4. The van der Waals surface area contributed by atoms with Gasteiger partial charge in [0, 0.05) is 19.0 Å². The first kappa shape index (κ1) is 15.5. The predicted octanol–water partition coefficient (Wildman–Crippen LogP) is 1.96. The summed E-state index contributed by atoms with van der Waals surface area (Å²) in [5, 5.41) is 3.87. The Morgan fingerprint density at radius 1 is 1.23 bits per heavy atom. The molecule has 2 fully saturated rings. The smallest absolute Gasteiger partial charge is 0.239 e. The first-order chi connectivity index (χ1) is 10.7. The maximum absolute atomic E-state index is 12.8. The van der Waals surface area contributed by atoms with E-state index in [1.54, 1.807) is 0 Å². The van der Waals surface area contributed by atoms with Crippen LogP contribution in [0.3, 0.4) is 0 Å². The van der Waals surface area contributed by atoms with Crippen molar-refractivity contribution in [1.29, 1.82) is 0 Å². The van der Waals surface area contributed by atoms with Crippen molar-refractivity contribution in [3.8, 4) is 0 Å². The molecule has 122 valence electrons. The normalized spacial score (nSPS) is 24.6. The van der Waals surface area contributed by atoms with Gasteiger partial charge in [-0.15, -0.1) is 0 Å². The van der Waals surface area contributed by atoms with Gasteiger partial charge in [0.25, 0.3) is 0 Å². The van der Waals surface area contributed by atoms with E-state index in [1.807, 2.05) is 11.8 Å². The topological polar surface area (TPSA) is 62.5 Å². The summed E-state index contributed by atoms with van der Waals surface area (Å²) in [4.78, 5) is 21.5. The van der Waals surface area contributed by atoms with E-state index in [0.717, 1.165) is 51.3 Å². The van der Waals surface area contributed by atoms with Gasteiger partial charge in [0.1, 0.15) is 0 Å². The number of likely N-dealkylation sites (tertiary alicyclic amines) is 2. The molecule has 0 aliphatic carbocycles. The molecule has 2 saturated heterocycles. The van der Waals surface area contributed by atoms with Gasteiger partial charge in [0.2, 0.25) is 11.8 Å². The molecular weight excluding hydrogens is 280 g/mol. The van der Waals surface area contributed by atoms with Crippen LogP contribution in [0.4, 0.5) is 0 Å². The molecule has 0 N–H and O–H groups in total. The van der Waals surface area contributed by atoms with Gasteiger partial charge in [-0.25, -0.2) is 0 Å². The molecule has 0 spiro atoms. The number of hydrogen-bond acceptors (Lipinski definition) is 5. The van der Waals surface area contributed by atoms with Gasteiger partial charge in [-0.1, -0.05) is 18.5 Å². The molecule has 1 atom stereocenters. The summed E-state index contributed by atoms with van der Waals surface area (Å²) in [5.74, 6) is 2.05. The van der Waals surface area contributed by atoms with Crippen molar-refractivity contribution in [1.82, 2.24) is 19.9 Å². The number of rotatable bonds is 3. The Morgan fingerprint density at radius 2 is 2.00 bits per heavy atom. The van der Waals surface area contributed by atoms with Crippen LogP contribution in [0.5, 0.6) is 0 Å². The van der Waals surface area contributed by atoms with Crippen LogP contribution in [-0.2, 0) is 4.79 Å². The van der Waals surface area contributed by atoms with Gasteiger partial charge in [0.05, 0.1) is 6.04 Å². The number of piperidine rings is 2. The summed E-state index contributed by atoms with van der Waals surface area (Å²) < 4.78 is 5.28. The van der Waals surface area contributed by atoms with Crippen LogP contribution in [0.25, 0.3) is 0 Å². The summed E-state index contributed by atoms with van der Waals surface area (Å²) in [6.45, 7) is 7.63. The van der Waals surface area contributed by atoms with Crippen LogP contribution in [-0.4, -0.2) is 58.1 Å². The summed E-state index contributed by atoms with van der Waals surface area (Å²) in [5.41, 5.74) is 0. The van der Waals surface area contributed by atoms with Crippen molar-refractivity contribution >= 4 is 5.91 Å². The highest BCUT2D eigenvalue weighted by atomic mass is 16.5. The van der Waals surface area contributed by atoms with Crippen LogP contribution in [0.15, 0.2) is 4.52 Å². The lowest BCUT2D eigenvalue weighted by atomic mass is 9.94. The van der Waals surface area contributed by atoms with Crippen LogP contribution in [0.2, 0.25) is 0 Å². The molecule has 2 aliphatic rings. The molecule has 3 heterocycles. The third-order valence-corrected chi connectivity index (χ3v) is 5.00. The number of aryl methyl sites for hydroxylation is 1. The van der Waals surface area contributed by atoms with Gasteiger partial charge in [0.15, 0.2) is 5.82 Å². The SMILES string of the molecule is CCN1CCCC[C@H]1C(=O)N1CCC(c2nc(C)no2)CC1. The lowest BCUT2D eigenvalue weighted by Crippen LogP contribution is -2.52. The molecule has 0 bridgehead atoms. The molecule has 0 saturated carbocycles. The zero-order valence-corrected chi connectivity index (χ0v) is 13.6. The maximum Gasteiger partial charge on any atom is 0.239 e. The first-order valence-corrected chi connectivity index (χ1v) is 8.52. The fourth-order valence-corrected chi connectivity index (χ4v) is 3.69. The fraction of sp³-hybridized carbons (Fsp3) is 0.812. The monoisotopic (exact) mass is 306 g/mol. The van der Waals surface area contributed by atoms with E-state index < -0.39 is 0 Å². The third-order valence-electron chi connectivity index (χ3n) is 5.00. The molecule has 3 rings (SSSR count). The average Bonchev–Trinajstić information content (AvgIpc) is 3.01. The molecule has 1 amide bonds. The Balaban J connectivity index is 1.57. The molecule has 0 unspecified atom stereocenters. The second-order valence-corrected chi connectivity index (χ2v) is 6.42. The van der Waals surface area contributed by atoms with E-state index in [0.29, 0.717) is 17.6 Å². The van der Waals surface area contributed by atoms with Crippen molar-refractivity contribution in [2.75, 3.05) is 26.2 Å². The van der Waals surface area contributed by atoms with Crippen molar-refractivity contribution in [2.24, 2.45) is 0 Å². The van der Waals surface area contributed by atoms with Gasteiger partial charge >= 0.3 is 0 Å². The molecule has 6 nitrogen and oxygen atoms in total. The summed E-state index contributed by atoms with van der Waals surface area (Å²) in [6.07, 6.45) is 5.24. The molecule has 1 aromatic rings. The van der Waals surface area contributed by atoms with E-state index in [-0.39, 0.29) is 6.04 Å². The minimum Gasteiger partial charge on any atom is -0.341 e. The lowest BCUT2D eigenvalue weighted by Gasteiger charge is -2.39. The summed E-state index contributed by atoms with van der Waals surface area (Å²) in [7, 11) is 0. The Labute approximate surface area is 131 Å². The number of hydrogen-bond donors (Lipinski definition) is 0. The van der Waals surface area contributed by atoms with Crippen LogP contribution in [0.1, 0.15) is 56.7 Å².